The molecule has 2 amide bonds. The number of hydrogen-bond donors (Lipinski definition) is 2. The quantitative estimate of drug-likeness (QED) is 0.232. The lowest BCUT2D eigenvalue weighted by atomic mass is 10.0. The maximum atomic E-state index is 12.6. The predicted octanol–water partition coefficient (Wildman–Crippen LogP) is 7.09. The third kappa shape index (κ3) is 6.02. The topological polar surface area (TPSA) is 107 Å². The number of alkyl halides is 3. The Labute approximate surface area is 224 Å². The van der Waals surface area contributed by atoms with E-state index in [-0.39, 0.29) is 11.6 Å². The van der Waals surface area contributed by atoms with Crippen LogP contribution in [0.4, 0.5) is 29.5 Å². The van der Waals surface area contributed by atoms with Gasteiger partial charge >= 0.3 is 12.4 Å². The largest absolute Gasteiger partial charge is 0.573 e. The molecular formula is C26H18ClF3N6O3. The average Bonchev–Trinajstić information content (AvgIpc) is 3.54. The van der Waals surface area contributed by atoms with Gasteiger partial charge < -0.3 is 14.6 Å². The summed E-state index contributed by atoms with van der Waals surface area (Å²) in [7, 11) is 0. The SMILES string of the molecule is Cc1cccc(Cl)c1-c1cnoc1NC(=O)Nc1ccc(-c2ncn(-c3ccc(OC(F)(F)F)cc3)n2)cc1. The van der Waals surface area contributed by atoms with E-state index < -0.39 is 12.4 Å². The lowest BCUT2D eigenvalue weighted by molar-refractivity contribution is -0.274. The minimum atomic E-state index is -4.77. The van der Waals surface area contributed by atoms with Gasteiger partial charge in [0.15, 0.2) is 5.82 Å². The Balaban J connectivity index is 1.24. The minimum Gasteiger partial charge on any atom is -0.406 e. The Hall–Kier alpha value is -4.84. The van der Waals surface area contributed by atoms with Crippen molar-refractivity contribution in [2.45, 2.75) is 13.3 Å². The van der Waals surface area contributed by atoms with Crippen LogP contribution in [0.1, 0.15) is 5.56 Å². The second-order valence-corrected chi connectivity index (χ2v) is 8.62. The van der Waals surface area contributed by atoms with Crippen LogP contribution in [0.5, 0.6) is 5.75 Å². The summed E-state index contributed by atoms with van der Waals surface area (Å²) in [4.78, 5) is 16.9. The van der Waals surface area contributed by atoms with Crippen molar-refractivity contribution >= 4 is 29.2 Å². The number of nitrogens with one attached hydrogen (secondary N) is 2. The molecule has 2 aromatic heterocycles. The smallest absolute Gasteiger partial charge is 0.406 e. The molecule has 0 aliphatic heterocycles. The number of carbonyl (C=O) groups is 1. The lowest BCUT2D eigenvalue weighted by Crippen LogP contribution is -2.19. The Kier molecular flexibility index (Phi) is 6.94. The number of halogens is 4. The molecule has 0 unspecified atom stereocenters. The summed E-state index contributed by atoms with van der Waals surface area (Å²) in [5.41, 5.74) is 3.80. The summed E-state index contributed by atoms with van der Waals surface area (Å²) in [5.74, 6) is 0.188. The predicted molar refractivity (Wildman–Crippen MR) is 138 cm³/mol. The van der Waals surface area contributed by atoms with E-state index in [1.165, 1.54) is 41.5 Å². The second kappa shape index (κ2) is 10.5. The molecule has 2 heterocycles. The number of carbonyl (C=O) groups excluding carboxylic acids is 1. The number of ether oxygens (including phenoxy) is 1. The Morgan fingerprint density at radius 1 is 1.03 bits per heavy atom. The van der Waals surface area contributed by atoms with Crippen LogP contribution < -0.4 is 15.4 Å². The van der Waals surface area contributed by atoms with Gasteiger partial charge in [0.25, 0.3) is 0 Å². The average molecular weight is 555 g/mol. The number of anilines is 2. The van der Waals surface area contributed by atoms with Gasteiger partial charge in [0.2, 0.25) is 5.88 Å². The van der Waals surface area contributed by atoms with Crippen LogP contribution in [0.15, 0.2) is 83.8 Å². The third-order valence-corrected chi connectivity index (χ3v) is 5.83. The minimum absolute atomic E-state index is 0.146. The summed E-state index contributed by atoms with van der Waals surface area (Å²) in [6.45, 7) is 1.89. The molecule has 3 aromatic carbocycles. The van der Waals surface area contributed by atoms with Crippen molar-refractivity contribution in [3.8, 4) is 34.0 Å². The Morgan fingerprint density at radius 3 is 2.46 bits per heavy atom. The fourth-order valence-electron chi connectivity index (χ4n) is 3.77. The summed E-state index contributed by atoms with van der Waals surface area (Å²) in [6, 6.07) is 16.9. The van der Waals surface area contributed by atoms with Gasteiger partial charge in [0.1, 0.15) is 12.1 Å². The summed E-state index contributed by atoms with van der Waals surface area (Å²) < 4.78 is 47.6. The zero-order valence-corrected chi connectivity index (χ0v) is 20.8. The maximum Gasteiger partial charge on any atom is 0.573 e. The molecule has 0 bridgehead atoms. The summed E-state index contributed by atoms with van der Waals surface area (Å²) in [5, 5.41) is 14.0. The normalized spacial score (nSPS) is 11.3. The molecular weight excluding hydrogens is 537 g/mol. The summed E-state index contributed by atoms with van der Waals surface area (Å²) >= 11 is 6.34. The van der Waals surface area contributed by atoms with Crippen molar-refractivity contribution in [3.63, 3.8) is 0 Å². The molecule has 5 aromatic rings. The molecule has 9 nitrogen and oxygen atoms in total. The van der Waals surface area contributed by atoms with Gasteiger partial charge in [-0.05, 0) is 67.1 Å². The molecule has 0 aliphatic rings. The first-order valence-electron chi connectivity index (χ1n) is 11.3. The molecule has 2 N–H and O–H groups in total. The van der Waals surface area contributed by atoms with Gasteiger partial charge in [-0.3, -0.25) is 5.32 Å². The highest BCUT2D eigenvalue weighted by atomic mass is 35.5. The van der Waals surface area contributed by atoms with Crippen LogP contribution in [0.25, 0.3) is 28.2 Å². The first-order chi connectivity index (χ1) is 18.7. The van der Waals surface area contributed by atoms with Crippen LogP contribution in [0, 0.1) is 6.92 Å². The van der Waals surface area contributed by atoms with Crippen molar-refractivity contribution in [2.24, 2.45) is 0 Å². The van der Waals surface area contributed by atoms with Crippen molar-refractivity contribution in [1.82, 2.24) is 19.9 Å². The van der Waals surface area contributed by atoms with E-state index in [0.717, 1.165) is 5.56 Å². The van der Waals surface area contributed by atoms with Crippen LogP contribution in [0.3, 0.4) is 0 Å². The molecule has 198 valence electrons. The first-order valence-corrected chi connectivity index (χ1v) is 11.7. The zero-order valence-electron chi connectivity index (χ0n) is 20.0. The molecule has 0 atom stereocenters. The van der Waals surface area contributed by atoms with Crippen molar-refractivity contribution < 1.29 is 27.2 Å². The third-order valence-electron chi connectivity index (χ3n) is 5.52. The number of hydrogen-bond acceptors (Lipinski definition) is 6. The highest BCUT2D eigenvalue weighted by molar-refractivity contribution is 6.33. The number of rotatable bonds is 6. The van der Waals surface area contributed by atoms with Gasteiger partial charge in [0.05, 0.1) is 17.4 Å². The highest BCUT2D eigenvalue weighted by Crippen LogP contribution is 2.36. The fourth-order valence-corrected chi connectivity index (χ4v) is 4.09. The molecule has 5 rings (SSSR count). The Morgan fingerprint density at radius 2 is 1.77 bits per heavy atom. The van der Waals surface area contributed by atoms with E-state index >= 15 is 0 Å². The van der Waals surface area contributed by atoms with Gasteiger partial charge in [-0.25, -0.2) is 14.5 Å². The van der Waals surface area contributed by atoms with Crippen molar-refractivity contribution in [1.29, 1.82) is 0 Å². The highest BCUT2D eigenvalue weighted by Gasteiger charge is 2.31. The van der Waals surface area contributed by atoms with Crippen molar-refractivity contribution in [3.05, 3.63) is 89.8 Å². The molecule has 39 heavy (non-hydrogen) atoms. The number of aromatic nitrogens is 4. The number of urea groups is 1. The maximum absolute atomic E-state index is 12.6. The van der Waals surface area contributed by atoms with Crippen LogP contribution in [0.2, 0.25) is 5.02 Å². The number of nitrogens with zero attached hydrogens (tertiary/aromatic N) is 4. The monoisotopic (exact) mass is 554 g/mol. The van der Waals surface area contributed by atoms with Crippen LogP contribution in [-0.4, -0.2) is 32.3 Å². The zero-order chi connectivity index (χ0) is 27.6. The van der Waals surface area contributed by atoms with E-state index in [4.69, 9.17) is 16.1 Å². The van der Waals surface area contributed by atoms with Gasteiger partial charge in [-0.2, -0.15) is 0 Å². The molecule has 0 spiro atoms. The number of benzene rings is 3. The van der Waals surface area contributed by atoms with Gasteiger partial charge in [-0.1, -0.05) is 28.9 Å². The standard InChI is InChI=1S/C26H18ClF3N6O3/c1-15-3-2-4-21(27)22(15)20-13-32-39-24(20)34-25(37)33-17-7-5-16(6-8-17)23-31-14-36(35-23)18-9-11-19(12-10-18)38-26(28,29)30/h2-14H,1H3,(H2,33,34,37). The van der Waals surface area contributed by atoms with Gasteiger partial charge in [0, 0.05) is 21.8 Å². The van der Waals surface area contributed by atoms with E-state index in [9.17, 15) is 18.0 Å². The molecule has 0 saturated carbocycles. The summed E-state index contributed by atoms with van der Waals surface area (Å²) in [6.07, 6.45) is -1.85. The van der Waals surface area contributed by atoms with E-state index in [2.05, 4.69) is 30.6 Å². The van der Waals surface area contributed by atoms with E-state index in [1.807, 2.05) is 19.1 Å². The van der Waals surface area contributed by atoms with Crippen molar-refractivity contribution in [2.75, 3.05) is 10.6 Å². The second-order valence-electron chi connectivity index (χ2n) is 8.21. The molecule has 0 saturated heterocycles. The van der Waals surface area contributed by atoms with Gasteiger partial charge in [-0.15, -0.1) is 18.3 Å². The lowest BCUT2D eigenvalue weighted by Gasteiger charge is -2.09. The van der Waals surface area contributed by atoms with E-state index in [0.29, 0.717) is 38.9 Å². The van der Waals surface area contributed by atoms with E-state index in [1.54, 1.807) is 30.3 Å². The molecule has 0 radical (unpaired) electrons. The first kappa shape index (κ1) is 25.8. The van der Waals surface area contributed by atoms with Crippen LogP contribution in [-0.2, 0) is 0 Å². The number of amides is 2. The molecule has 13 heteroatoms. The fraction of sp³-hybridized carbons (Fsp3) is 0.0769. The van der Waals surface area contributed by atoms with Crippen LogP contribution >= 0.6 is 11.6 Å². The molecule has 0 aliphatic carbocycles. The molecule has 0 fully saturated rings. The Bertz CT molecular complexity index is 1600. The number of aryl methyl sites for hydroxylation is 1.